The van der Waals surface area contributed by atoms with E-state index in [1.54, 1.807) is 0 Å². The van der Waals surface area contributed by atoms with Crippen LogP contribution in [0.25, 0.3) is 10.8 Å². The number of rotatable bonds is 4. The number of nitrogens with one attached hydrogen (secondary N) is 1. The van der Waals surface area contributed by atoms with Gasteiger partial charge in [-0.25, -0.2) is 4.79 Å². The average molecular weight is 354 g/mol. The zero-order valence-corrected chi connectivity index (χ0v) is 14.2. The predicted octanol–water partition coefficient (Wildman–Crippen LogP) is 4.68. The summed E-state index contributed by atoms with van der Waals surface area (Å²) in [5.74, 6) is -1.43. The number of amides is 1. The number of carboxylic acids is 1. The third kappa shape index (κ3) is 3.49. The molecule has 3 aromatic carbocycles. The summed E-state index contributed by atoms with van der Waals surface area (Å²) in [6, 6.07) is 17.9. The Kier molecular flexibility index (Phi) is 4.72. The van der Waals surface area contributed by atoms with Gasteiger partial charge in [0.15, 0.2) is 0 Å². The Hall–Kier alpha value is -2.85. The van der Waals surface area contributed by atoms with Gasteiger partial charge in [0.2, 0.25) is 0 Å². The summed E-state index contributed by atoms with van der Waals surface area (Å²) in [4.78, 5) is 23.5. The van der Waals surface area contributed by atoms with Crippen LogP contribution in [0.5, 0.6) is 0 Å². The van der Waals surface area contributed by atoms with E-state index < -0.39 is 5.97 Å². The Balaban J connectivity index is 1.85. The van der Waals surface area contributed by atoms with E-state index in [9.17, 15) is 9.59 Å². The zero-order chi connectivity index (χ0) is 18.0. The van der Waals surface area contributed by atoms with E-state index in [1.807, 2.05) is 49.4 Å². The summed E-state index contributed by atoms with van der Waals surface area (Å²) in [7, 11) is 0. The highest BCUT2D eigenvalue weighted by molar-refractivity contribution is 6.33. The molecule has 4 nitrogen and oxygen atoms in total. The molecule has 25 heavy (non-hydrogen) atoms. The Labute approximate surface area is 150 Å². The number of carbonyl (C=O) groups excluding carboxylic acids is 1. The number of halogens is 1. The molecule has 0 heterocycles. The highest BCUT2D eigenvalue weighted by Gasteiger charge is 2.16. The fourth-order valence-corrected chi connectivity index (χ4v) is 3.08. The Morgan fingerprint density at radius 3 is 2.48 bits per heavy atom. The molecule has 0 aromatic heterocycles. The van der Waals surface area contributed by atoms with Crippen LogP contribution < -0.4 is 5.32 Å². The van der Waals surface area contributed by atoms with E-state index in [4.69, 9.17) is 16.7 Å². The van der Waals surface area contributed by atoms with Crippen molar-refractivity contribution in [2.45, 2.75) is 13.0 Å². The molecule has 1 unspecified atom stereocenters. The van der Waals surface area contributed by atoms with Crippen LogP contribution in [0.1, 0.15) is 39.2 Å². The highest BCUT2D eigenvalue weighted by atomic mass is 35.5. The molecule has 0 saturated heterocycles. The lowest BCUT2D eigenvalue weighted by Gasteiger charge is -2.17. The normalized spacial score (nSPS) is 11.9. The van der Waals surface area contributed by atoms with E-state index in [1.165, 1.54) is 18.2 Å². The van der Waals surface area contributed by atoms with E-state index >= 15 is 0 Å². The molecule has 2 N–H and O–H groups in total. The van der Waals surface area contributed by atoms with Gasteiger partial charge in [0, 0.05) is 5.56 Å². The maximum absolute atomic E-state index is 12.5. The molecular weight excluding hydrogens is 338 g/mol. The van der Waals surface area contributed by atoms with Crippen molar-refractivity contribution in [3.63, 3.8) is 0 Å². The van der Waals surface area contributed by atoms with Crippen molar-refractivity contribution in [2.24, 2.45) is 0 Å². The number of aromatic carboxylic acids is 1. The quantitative estimate of drug-likeness (QED) is 0.715. The van der Waals surface area contributed by atoms with Crippen molar-refractivity contribution in [3.8, 4) is 0 Å². The Morgan fingerprint density at radius 2 is 1.76 bits per heavy atom. The van der Waals surface area contributed by atoms with Gasteiger partial charge >= 0.3 is 5.97 Å². The second kappa shape index (κ2) is 6.95. The molecule has 0 fully saturated rings. The van der Waals surface area contributed by atoms with Crippen LogP contribution in [0.3, 0.4) is 0 Å². The summed E-state index contributed by atoms with van der Waals surface area (Å²) in [6.07, 6.45) is 0. The van der Waals surface area contributed by atoms with Gasteiger partial charge < -0.3 is 10.4 Å². The van der Waals surface area contributed by atoms with Crippen molar-refractivity contribution >= 4 is 34.2 Å². The molecule has 1 amide bonds. The van der Waals surface area contributed by atoms with E-state index in [-0.39, 0.29) is 22.5 Å². The van der Waals surface area contributed by atoms with Crippen molar-refractivity contribution in [2.75, 3.05) is 0 Å². The number of fused-ring (bicyclic) bond motifs is 1. The molecule has 3 aromatic rings. The maximum Gasteiger partial charge on any atom is 0.337 e. The van der Waals surface area contributed by atoms with Crippen molar-refractivity contribution < 1.29 is 14.7 Å². The molecule has 0 aliphatic heterocycles. The van der Waals surface area contributed by atoms with E-state index in [0.717, 1.165) is 16.3 Å². The van der Waals surface area contributed by atoms with Gasteiger partial charge in [0.25, 0.3) is 5.91 Å². The van der Waals surface area contributed by atoms with Crippen molar-refractivity contribution in [3.05, 3.63) is 82.4 Å². The molecule has 0 bridgehead atoms. The highest BCUT2D eigenvalue weighted by Crippen LogP contribution is 2.25. The van der Waals surface area contributed by atoms with E-state index in [0.29, 0.717) is 5.56 Å². The van der Waals surface area contributed by atoms with Crippen LogP contribution in [-0.2, 0) is 0 Å². The summed E-state index contributed by atoms with van der Waals surface area (Å²) >= 11 is 5.94. The molecular formula is C20H16ClNO3. The Bertz CT molecular complexity index is 963. The first kappa shape index (κ1) is 17.0. The molecule has 126 valence electrons. The molecule has 0 spiro atoms. The molecule has 3 rings (SSSR count). The van der Waals surface area contributed by atoms with Crippen LogP contribution in [0.2, 0.25) is 5.02 Å². The SMILES string of the molecule is CC(NC(=O)c1ccc(C(=O)O)c(Cl)c1)c1cccc2ccccc12. The topological polar surface area (TPSA) is 66.4 Å². The molecule has 0 saturated carbocycles. The molecule has 5 heteroatoms. The van der Waals surface area contributed by atoms with E-state index in [2.05, 4.69) is 5.32 Å². The summed E-state index contributed by atoms with van der Waals surface area (Å²) < 4.78 is 0. The summed E-state index contributed by atoms with van der Waals surface area (Å²) in [5.41, 5.74) is 1.31. The summed E-state index contributed by atoms with van der Waals surface area (Å²) in [6.45, 7) is 1.91. The lowest BCUT2D eigenvalue weighted by atomic mass is 9.99. The second-order valence-electron chi connectivity index (χ2n) is 5.76. The number of hydrogen-bond donors (Lipinski definition) is 2. The third-order valence-corrected chi connectivity index (χ3v) is 4.41. The number of hydrogen-bond acceptors (Lipinski definition) is 2. The smallest absolute Gasteiger partial charge is 0.337 e. The molecule has 0 radical (unpaired) electrons. The fourth-order valence-electron chi connectivity index (χ4n) is 2.82. The number of benzene rings is 3. The minimum Gasteiger partial charge on any atom is -0.478 e. The van der Waals surface area contributed by atoms with Gasteiger partial charge in [0.1, 0.15) is 0 Å². The first-order valence-electron chi connectivity index (χ1n) is 7.78. The van der Waals surface area contributed by atoms with Crippen LogP contribution >= 0.6 is 11.6 Å². The minimum absolute atomic E-state index is 0.0275. The predicted molar refractivity (Wildman–Crippen MR) is 98.2 cm³/mol. The van der Waals surface area contributed by atoms with Crippen molar-refractivity contribution in [1.82, 2.24) is 5.32 Å². The summed E-state index contributed by atoms with van der Waals surface area (Å²) in [5, 5.41) is 14.2. The first-order chi connectivity index (χ1) is 12.0. The van der Waals surface area contributed by atoms with Gasteiger partial charge in [-0.05, 0) is 41.5 Å². The second-order valence-corrected chi connectivity index (χ2v) is 6.17. The molecule has 0 aliphatic rings. The largest absolute Gasteiger partial charge is 0.478 e. The van der Waals surface area contributed by atoms with Crippen LogP contribution in [0.15, 0.2) is 60.7 Å². The monoisotopic (exact) mass is 353 g/mol. The third-order valence-electron chi connectivity index (χ3n) is 4.10. The van der Waals surface area contributed by atoms with Gasteiger partial charge in [-0.15, -0.1) is 0 Å². The number of carboxylic acid groups (broad SMARTS) is 1. The van der Waals surface area contributed by atoms with Crippen molar-refractivity contribution in [1.29, 1.82) is 0 Å². The lowest BCUT2D eigenvalue weighted by Crippen LogP contribution is -2.26. The molecule has 1 atom stereocenters. The zero-order valence-electron chi connectivity index (χ0n) is 13.5. The van der Waals surface area contributed by atoms with Gasteiger partial charge in [0.05, 0.1) is 16.6 Å². The standard InChI is InChI=1S/C20H16ClNO3/c1-12(15-8-4-6-13-5-2-3-7-16(13)15)22-19(23)14-9-10-17(20(24)25)18(21)11-14/h2-12H,1H3,(H,22,23)(H,24,25). The fraction of sp³-hybridized carbons (Fsp3) is 0.100. The Morgan fingerprint density at radius 1 is 1.04 bits per heavy atom. The molecule has 0 aliphatic carbocycles. The first-order valence-corrected chi connectivity index (χ1v) is 8.16. The maximum atomic E-state index is 12.5. The van der Waals surface area contributed by atoms with Gasteiger partial charge in [-0.1, -0.05) is 54.1 Å². The van der Waals surface area contributed by atoms with Crippen LogP contribution in [-0.4, -0.2) is 17.0 Å². The van der Waals surface area contributed by atoms with Crippen LogP contribution in [0.4, 0.5) is 0 Å². The van der Waals surface area contributed by atoms with Gasteiger partial charge in [-0.3, -0.25) is 4.79 Å². The average Bonchev–Trinajstić information content (AvgIpc) is 2.60. The minimum atomic E-state index is -1.12. The van der Waals surface area contributed by atoms with Crippen LogP contribution in [0, 0.1) is 0 Å². The van der Waals surface area contributed by atoms with Gasteiger partial charge in [-0.2, -0.15) is 0 Å². The lowest BCUT2D eigenvalue weighted by molar-refractivity contribution is 0.0696. The number of carbonyl (C=O) groups is 2.